The third-order valence-electron chi connectivity index (χ3n) is 0.749. The van der Waals surface area contributed by atoms with Crippen LogP contribution in [0.15, 0.2) is 5.51 Å². The Bertz CT molecular complexity index is 208. The lowest BCUT2D eigenvalue weighted by molar-refractivity contribution is 1.08. The lowest BCUT2D eigenvalue weighted by Gasteiger charge is -1.96. The summed E-state index contributed by atoms with van der Waals surface area (Å²) in [6.45, 7) is 0. The third kappa shape index (κ3) is 1.89. The van der Waals surface area contributed by atoms with E-state index in [1.165, 1.54) is 23.3 Å². The minimum Gasteiger partial charge on any atom is -0.318 e. The molecule has 0 atom stereocenters. The van der Waals surface area contributed by atoms with Crippen LogP contribution in [-0.2, 0) is 0 Å². The molecule has 0 fully saturated rings. The van der Waals surface area contributed by atoms with Crippen LogP contribution >= 0.6 is 35.5 Å². The first-order valence-corrected chi connectivity index (χ1v) is 4.95. The fourth-order valence-corrected chi connectivity index (χ4v) is 1.64. The SMILES string of the molecule is CSNC(=S)c1nncs1. The zero-order valence-corrected chi connectivity index (χ0v) is 7.65. The summed E-state index contributed by atoms with van der Waals surface area (Å²) in [5.74, 6) is 0. The van der Waals surface area contributed by atoms with Gasteiger partial charge in [0.05, 0.1) is 0 Å². The van der Waals surface area contributed by atoms with Crippen molar-refractivity contribution in [1.29, 1.82) is 0 Å². The molecule has 0 saturated carbocycles. The van der Waals surface area contributed by atoms with E-state index < -0.39 is 0 Å². The molecular weight excluding hydrogens is 186 g/mol. The maximum atomic E-state index is 4.95. The normalized spacial score (nSPS) is 9.30. The van der Waals surface area contributed by atoms with E-state index in [1.54, 1.807) is 5.51 Å². The van der Waals surface area contributed by atoms with Gasteiger partial charge in [-0.15, -0.1) is 10.2 Å². The fourth-order valence-electron chi connectivity index (χ4n) is 0.408. The second-order valence-electron chi connectivity index (χ2n) is 1.38. The number of nitrogens with one attached hydrogen (secondary N) is 1. The Morgan fingerprint density at radius 1 is 1.90 bits per heavy atom. The third-order valence-corrected chi connectivity index (χ3v) is 2.42. The molecule has 1 heterocycles. The maximum Gasteiger partial charge on any atom is 0.175 e. The van der Waals surface area contributed by atoms with Gasteiger partial charge in [0.2, 0.25) is 0 Å². The van der Waals surface area contributed by atoms with Gasteiger partial charge in [0.15, 0.2) is 5.01 Å². The van der Waals surface area contributed by atoms with Crippen molar-refractivity contribution in [3.05, 3.63) is 10.5 Å². The van der Waals surface area contributed by atoms with Crippen LogP contribution in [0.4, 0.5) is 0 Å². The fraction of sp³-hybridized carbons (Fsp3) is 0.250. The topological polar surface area (TPSA) is 37.8 Å². The summed E-state index contributed by atoms with van der Waals surface area (Å²) in [4.78, 5) is 0.648. The lowest BCUT2D eigenvalue weighted by atomic mass is 10.7. The van der Waals surface area contributed by atoms with E-state index in [2.05, 4.69) is 14.9 Å². The van der Waals surface area contributed by atoms with Crippen LogP contribution in [0, 0.1) is 0 Å². The molecule has 0 aliphatic carbocycles. The quantitative estimate of drug-likeness (QED) is 0.559. The summed E-state index contributed by atoms with van der Waals surface area (Å²) in [5, 5.41) is 8.21. The summed E-state index contributed by atoms with van der Waals surface area (Å²) in [5.41, 5.74) is 1.66. The Kier molecular flexibility index (Phi) is 3.04. The Labute approximate surface area is 72.4 Å². The minimum absolute atomic E-state index is 0.648. The molecule has 0 amide bonds. The Morgan fingerprint density at radius 3 is 3.20 bits per heavy atom. The second kappa shape index (κ2) is 3.85. The number of hydrogen-bond acceptors (Lipinski definition) is 5. The first-order valence-electron chi connectivity index (χ1n) is 2.44. The smallest absolute Gasteiger partial charge is 0.175 e. The molecule has 0 saturated heterocycles. The van der Waals surface area contributed by atoms with Crippen LogP contribution in [0.5, 0.6) is 0 Å². The van der Waals surface area contributed by atoms with Gasteiger partial charge in [0, 0.05) is 6.26 Å². The summed E-state index contributed by atoms with van der Waals surface area (Å²) < 4.78 is 2.90. The van der Waals surface area contributed by atoms with Gasteiger partial charge in [-0.25, -0.2) is 0 Å². The highest BCUT2D eigenvalue weighted by Crippen LogP contribution is 2.03. The molecule has 1 N–H and O–H groups in total. The van der Waals surface area contributed by atoms with E-state index in [4.69, 9.17) is 12.2 Å². The first-order chi connectivity index (χ1) is 4.84. The van der Waals surface area contributed by atoms with Crippen LogP contribution in [0.3, 0.4) is 0 Å². The molecule has 0 spiro atoms. The average molecular weight is 191 g/mol. The number of rotatable bonds is 2. The maximum absolute atomic E-state index is 4.95. The molecule has 3 nitrogen and oxygen atoms in total. The van der Waals surface area contributed by atoms with Gasteiger partial charge < -0.3 is 4.72 Å². The lowest BCUT2D eigenvalue weighted by Crippen LogP contribution is -2.13. The van der Waals surface area contributed by atoms with Crippen LogP contribution in [0.1, 0.15) is 5.01 Å². The highest BCUT2D eigenvalue weighted by atomic mass is 32.2. The molecule has 6 heteroatoms. The molecule has 0 bridgehead atoms. The van der Waals surface area contributed by atoms with E-state index in [9.17, 15) is 0 Å². The molecule has 1 rings (SSSR count). The van der Waals surface area contributed by atoms with Gasteiger partial charge in [-0.1, -0.05) is 35.5 Å². The van der Waals surface area contributed by atoms with Crippen LogP contribution < -0.4 is 4.72 Å². The first kappa shape index (κ1) is 7.90. The van der Waals surface area contributed by atoms with Gasteiger partial charge in [0.25, 0.3) is 0 Å². The van der Waals surface area contributed by atoms with E-state index in [1.807, 2.05) is 6.26 Å². The summed E-state index contributed by atoms with van der Waals surface area (Å²) in [7, 11) is 0. The average Bonchev–Trinajstić information content (AvgIpc) is 2.38. The molecule has 0 radical (unpaired) electrons. The van der Waals surface area contributed by atoms with Crippen molar-refractivity contribution in [2.75, 3.05) is 6.26 Å². The standard InChI is InChI=1S/C4H5N3S3/c1-9-7-3(8)4-6-5-2-10-4/h2H,1H3,(H,7,8). The Morgan fingerprint density at radius 2 is 2.70 bits per heavy atom. The van der Waals surface area contributed by atoms with Crippen molar-refractivity contribution in [1.82, 2.24) is 14.9 Å². The predicted octanol–water partition coefficient (Wildman–Crippen LogP) is 1.08. The molecular formula is C4H5N3S3. The number of hydrogen-bond donors (Lipinski definition) is 1. The van der Waals surface area contributed by atoms with E-state index in [0.717, 1.165) is 5.01 Å². The highest BCUT2D eigenvalue weighted by molar-refractivity contribution is 7.98. The van der Waals surface area contributed by atoms with Crippen molar-refractivity contribution in [2.24, 2.45) is 0 Å². The number of thiocarbonyl (C=S) groups is 1. The van der Waals surface area contributed by atoms with Gasteiger partial charge in [-0.2, -0.15) is 0 Å². The largest absolute Gasteiger partial charge is 0.318 e. The second-order valence-corrected chi connectivity index (χ2v) is 3.23. The summed E-state index contributed by atoms with van der Waals surface area (Å²) in [6.07, 6.45) is 1.91. The van der Waals surface area contributed by atoms with Gasteiger partial charge >= 0.3 is 0 Å². The van der Waals surface area contributed by atoms with Gasteiger partial charge in [-0.05, 0) is 0 Å². The molecule has 0 aliphatic heterocycles. The van der Waals surface area contributed by atoms with Crippen molar-refractivity contribution in [3.63, 3.8) is 0 Å². The molecule has 1 aromatic heterocycles. The molecule has 0 aromatic carbocycles. The summed E-state index contributed by atoms with van der Waals surface area (Å²) in [6, 6.07) is 0. The minimum atomic E-state index is 0.648. The van der Waals surface area contributed by atoms with Crippen molar-refractivity contribution >= 4 is 40.5 Å². The van der Waals surface area contributed by atoms with Crippen molar-refractivity contribution in [3.8, 4) is 0 Å². The van der Waals surface area contributed by atoms with E-state index >= 15 is 0 Å². The highest BCUT2D eigenvalue weighted by Gasteiger charge is 2.01. The monoisotopic (exact) mass is 191 g/mol. The van der Waals surface area contributed by atoms with E-state index in [0.29, 0.717) is 4.99 Å². The molecule has 54 valence electrons. The van der Waals surface area contributed by atoms with Crippen LogP contribution in [-0.4, -0.2) is 21.4 Å². The molecule has 10 heavy (non-hydrogen) atoms. The van der Waals surface area contributed by atoms with Crippen molar-refractivity contribution in [2.45, 2.75) is 0 Å². The number of nitrogens with zero attached hydrogens (tertiary/aromatic N) is 2. The van der Waals surface area contributed by atoms with Crippen LogP contribution in [0.2, 0.25) is 0 Å². The summed E-state index contributed by atoms with van der Waals surface area (Å²) >= 11 is 7.84. The Balaban J connectivity index is 2.59. The molecule has 1 aromatic rings. The van der Waals surface area contributed by atoms with Gasteiger partial charge in [-0.3, -0.25) is 0 Å². The van der Waals surface area contributed by atoms with E-state index in [-0.39, 0.29) is 0 Å². The zero-order valence-electron chi connectivity index (χ0n) is 5.20. The predicted molar refractivity (Wildman–Crippen MR) is 48.3 cm³/mol. The Hall–Kier alpha value is -0.200. The zero-order chi connectivity index (χ0) is 7.40. The molecule has 0 unspecified atom stereocenters. The van der Waals surface area contributed by atoms with Crippen LogP contribution in [0.25, 0.3) is 0 Å². The number of aromatic nitrogens is 2. The van der Waals surface area contributed by atoms with Crippen molar-refractivity contribution < 1.29 is 0 Å². The van der Waals surface area contributed by atoms with Gasteiger partial charge in [0.1, 0.15) is 10.5 Å². The molecule has 0 aliphatic rings.